The van der Waals surface area contributed by atoms with Gasteiger partial charge in [-0.15, -0.1) is 0 Å². The van der Waals surface area contributed by atoms with Crippen molar-refractivity contribution in [2.45, 2.75) is 47.1 Å². The molecule has 0 aromatic carbocycles. The molecule has 0 spiro atoms. The van der Waals surface area contributed by atoms with Gasteiger partial charge >= 0.3 is 5.97 Å². The molecule has 0 bridgehead atoms. The molecule has 0 rings (SSSR count). The van der Waals surface area contributed by atoms with Crippen molar-refractivity contribution < 1.29 is 9.53 Å². The molecule has 0 aliphatic rings. The van der Waals surface area contributed by atoms with Crippen LogP contribution in [0.15, 0.2) is 0 Å². The van der Waals surface area contributed by atoms with Crippen LogP contribution in [0.4, 0.5) is 0 Å². The second kappa shape index (κ2) is 5.35. The normalized spacial score (nSPS) is 14.2. The van der Waals surface area contributed by atoms with Crippen molar-refractivity contribution in [3.8, 4) is 0 Å². The van der Waals surface area contributed by atoms with E-state index in [1.54, 1.807) is 13.8 Å². The molecule has 3 nitrogen and oxygen atoms in total. The predicted octanol–water partition coefficient (Wildman–Crippen LogP) is 1.95. The Bertz CT molecular complexity index is 188. The molecular weight excluding hydrogens is 178 g/mol. The topological polar surface area (TPSA) is 52.3 Å². The Hall–Kier alpha value is -0.570. The van der Waals surface area contributed by atoms with E-state index in [0.717, 1.165) is 6.42 Å². The monoisotopic (exact) mass is 201 g/mol. The second-order valence-corrected chi connectivity index (χ2v) is 4.93. The Labute approximate surface area is 87.0 Å². The van der Waals surface area contributed by atoms with Gasteiger partial charge in [0.05, 0.1) is 11.5 Å². The van der Waals surface area contributed by atoms with Crippen molar-refractivity contribution >= 4 is 5.97 Å². The van der Waals surface area contributed by atoms with E-state index in [2.05, 4.69) is 13.8 Å². The maximum Gasteiger partial charge on any atom is 0.313 e. The van der Waals surface area contributed by atoms with Gasteiger partial charge in [0, 0.05) is 6.54 Å². The third-order valence-electron chi connectivity index (χ3n) is 2.17. The third kappa shape index (κ3) is 4.61. The Balaban J connectivity index is 4.06. The molecule has 3 heteroatoms. The Morgan fingerprint density at radius 3 is 2.21 bits per heavy atom. The molecule has 0 aromatic rings. The molecule has 0 fully saturated rings. The zero-order valence-electron chi connectivity index (χ0n) is 9.96. The van der Waals surface area contributed by atoms with Gasteiger partial charge < -0.3 is 10.5 Å². The van der Waals surface area contributed by atoms with Crippen molar-refractivity contribution in [3.63, 3.8) is 0 Å². The molecule has 0 aromatic heterocycles. The van der Waals surface area contributed by atoms with Gasteiger partial charge in [0.2, 0.25) is 0 Å². The highest BCUT2D eigenvalue weighted by Crippen LogP contribution is 2.18. The number of rotatable bonds is 5. The van der Waals surface area contributed by atoms with Gasteiger partial charge in [-0.25, -0.2) is 0 Å². The van der Waals surface area contributed by atoms with Gasteiger partial charge in [-0.3, -0.25) is 4.79 Å². The van der Waals surface area contributed by atoms with Gasteiger partial charge in [-0.2, -0.15) is 0 Å². The van der Waals surface area contributed by atoms with Crippen molar-refractivity contribution in [3.05, 3.63) is 0 Å². The zero-order chi connectivity index (χ0) is 11.4. The maximum atomic E-state index is 11.6. The fourth-order valence-corrected chi connectivity index (χ4v) is 1.14. The number of carbonyl (C=O) groups excluding carboxylic acids is 1. The van der Waals surface area contributed by atoms with Gasteiger partial charge in [0.15, 0.2) is 0 Å². The Morgan fingerprint density at radius 1 is 1.36 bits per heavy atom. The van der Waals surface area contributed by atoms with Gasteiger partial charge in [-0.1, -0.05) is 13.8 Å². The van der Waals surface area contributed by atoms with Gasteiger partial charge in [-0.05, 0) is 33.1 Å². The first kappa shape index (κ1) is 13.4. The number of carbonyl (C=O) groups is 1. The molecule has 0 heterocycles. The molecule has 2 N–H and O–H groups in total. The summed E-state index contributed by atoms with van der Waals surface area (Å²) in [5.74, 6) is 0.340. The molecule has 1 atom stereocenters. The van der Waals surface area contributed by atoms with Crippen LogP contribution in [0.1, 0.15) is 41.0 Å². The van der Waals surface area contributed by atoms with Crippen LogP contribution in [0, 0.1) is 11.3 Å². The van der Waals surface area contributed by atoms with Crippen LogP contribution in [-0.2, 0) is 9.53 Å². The summed E-state index contributed by atoms with van der Waals surface area (Å²) in [6.07, 6.45) is 0.875. The summed E-state index contributed by atoms with van der Waals surface area (Å²) in [6.45, 7) is 10.1. The van der Waals surface area contributed by atoms with E-state index >= 15 is 0 Å². The number of esters is 1. The Kier molecular flexibility index (Phi) is 5.13. The summed E-state index contributed by atoms with van der Waals surface area (Å²) in [5, 5.41) is 0. The van der Waals surface area contributed by atoms with Gasteiger partial charge in [0.1, 0.15) is 0 Å². The minimum atomic E-state index is -0.564. The van der Waals surface area contributed by atoms with E-state index in [1.165, 1.54) is 0 Å². The molecule has 0 aliphatic carbocycles. The number of hydrogen-bond acceptors (Lipinski definition) is 3. The number of nitrogens with two attached hydrogens (primary N) is 1. The molecule has 0 aliphatic heterocycles. The third-order valence-corrected chi connectivity index (χ3v) is 2.17. The average Bonchev–Trinajstić information content (AvgIpc) is 2.02. The quantitative estimate of drug-likeness (QED) is 0.692. The predicted molar refractivity (Wildman–Crippen MR) is 57.8 cm³/mol. The van der Waals surface area contributed by atoms with E-state index in [1.807, 2.05) is 6.92 Å². The van der Waals surface area contributed by atoms with Gasteiger partial charge in [0.25, 0.3) is 0 Å². The fraction of sp³-hybridized carbons (Fsp3) is 0.909. The van der Waals surface area contributed by atoms with E-state index in [-0.39, 0.29) is 12.1 Å². The van der Waals surface area contributed by atoms with Crippen LogP contribution >= 0.6 is 0 Å². The molecule has 0 amide bonds. The minimum Gasteiger partial charge on any atom is -0.462 e. The lowest BCUT2D eigenvalue weighted by Crippen LogP contribution is -2.36. The molecule has 0 radical (unpaired) electrons. The number of hydrogen-bond donors (Lipinski definition) is 1. The van der Waals surface area contributed by atoms with E-state index in [9.17, 15) is 4.79 Å². The summed E-state index contributed by atoms with van der Waals surface area (Å²) in [7, 11) is 0. The maximum absolute atomic E-state index is 11.6. The average molecular weight is 201 g/mol. The first-order valence-corrected chi connectivity index (χ1v) is 5.20. The minimum absolute atomic E-state index is 0.0201. The lowest BCUT2D eigenvalue weighted by molar-refractivity contribution is -0.158. The summed E-state index contributed by atoms with van der Waals surface area (Å²) < 4.78 is 5.30. The highest BCUT2D eigenvalue weighted by molar-refractivity contribution is 5.76. The van der Waals surface area contributed by atoms with E-state index in [4.69, 9.17) is 10.5 Å². The molecular formula is C11H23NO2. The second-order valence-electron chi connectivity index (χ2n) is 4.93. The fourth-order valence-electron chi connectivity index (χ4n) is 1.14. The Morgan fingerprint density at radius 2 is 1.86 bits per heavy atom. The van der Waals surface area contributed by atoms with Crippen molar-refractivity contribution in [2.75, 3.05) is 6.54 Å². The molecule has 1 unspecified atom stereocenters. The van der Waals surface area contributed by atoms with Crippen LogP contribution < -0.4 is 5.73 Å². The largest absolute Gasteiger partial charge is 0.462 e. The van der Waals surface area contributed by atoms with E-state index in [0.29, 0.717) is 12.5 Å². The lowest BCUT2D eigenvalue weighted by atomic mass is 9.94. The summed E-state index contributed by atoms with van der Waals surface area (Å²) in [6, 6.07) is 0. The summed E-state index contributed by atoms with van der Waals surface area (Å²) in [5.41, 5.74) is 4.92. The van der Waals surface area contributed by atoms with Crippen molar-refractivity contribution in [2.24, 2.45) is 17.1 Å². The van der Waals surface area contributed by atoms with Crippen LogP contribution in [-0.4, -0.2) is 18.6 Å². The first-order chi connectivity index (χ1) is 6.29. The van der Waals surface area contributed by atoms with Crippen LogP contribution in [0.5, 0.6) is 0 Å². The zero-order valence-corrected chi connectivity index (χ0v) is 9.96. The standard InChI is InChI=1S/C11H23NO2/c1-8(2)6-9(3)14-10(13)11(4,5)7-12/h8-9H,6-7,12H2,1-5H3. The van der Waals surface area contributed by atoms with Crippen molar-refractivity contribution in [1.29, 1.82) is 0 Å². The first-order valence-electron chi connectivity index (χ1n) is 5.20. The van der Waals surface area contributed by atoms with Crippen LogP contribution in [0.25, 0.3) is 0 Å². The molecule has 84 valence electrons. The summed E-state index contributed by atoms with van der Waals surface area (Å²) >= 11 is 0. The van der Waals surface area contributed by atoms with Crippen LogP contribution in [0.3, 0.4) is 0 Å². The van der Waals surface area contributed by atoms with Crippen molar-refractivity contribution in [1.82, 2.24) is 0 Å². The van der Waals surface area contributed by atoms with Crippen LogP contribution in [0.2, 0.25) is 0 Å². The number of ether oxygens (including phenoxy) is 1. The smallest absolute Gasteiger partial charge is 0.313 e. The SMILES string of the molecule is CC(C)CC(C)OC(=O)C(C)(C)CN. The molecule has 0 saturated carbocycles. The summed E-state index contributed by atoms with van der Waals surface area (Å²) in [4.78, 5) is 11.6. The molecule has 0 saturated heterocycles. The highest BCUT2D eigenvalue weighted by atomic mass is 16.5. The lowest BCUT2D eigenvalue weighted by Gasteiger charge is -2.24. The van der Waals surface area contributed by atoms with E-state index < -0.39 is 5.41 Å². The molecule has 14 heavy (non-hydrogen) atoms. The highest BCUT2D eigenvalue weighted by Gasteiger charge is 2.28.